The summed E-state index contributed by atoms with van der Waals surface area (Å²) in [5.41, 5.74) is 3.22. The third kappa shape index (κ3) is 4.29. The summed E-state index contributed by atoms with van der Waals surface area (Å²) in [5.74, 6) is 1.95. The summed E-state index contributed by atoms with van der Waals surface area (Å²) < 4.78 is 14.1. The van der Waals surface area contributed by atoms with Crippen LogP contribution in [0.25, 0.3) is 0 Å². The van der Waals surface area contributed by atoms with E-state index in [1.165, 1.54) is 4.68 Å². The first-order chi connectivity index (χ1) is 14.4. The second kappa shape index (κ2) is 8.17. The molecule has 158 valence electrons. The molecule has 1 N–H and O–H groups in total. The van der Waals surface area contributed by atoms with Crippen molar-refractivity contribution in [3.05, 3.63) is 57.9 Å². The maximum Gasteiger partial charge on any atom is 0.290 e. The fourth-order valence-corrected chi connectivity index (χ4v) is 3.51. The predicted molar refractivity (Wildman–Crippen MR) is 112 cm³/mol. The predicted octanol–water partition coefficient (Wildman–Crippen LogP) is 2.02. The summed E-state index contributed by atoms with van der Waals surface area (Å²) in [6.07, 6.45) is 2.76. The molecule has 3 aromatic heterocycles. The van der Waals surface area contributed by atoms with Gasteiger partial charge < -0.3 is 14.8 Å². The van der Waals surface area contributed by atoms with E-state index in [1.54, 1.807) is 31.1 Å². The highest BCUT2D eigenvalue weighted by atomic mass is 16.5. The minimum absolute atomic E-state index is 0.201. The lowest BCUT2D eigenvalue weighted by Crippen LogP contribution is -2.24. The molecular weight excluding hydrogens is 384 g/mol. The number of anilines is 1. The van der Waals surface area contributed by atoms with Gasteiger partial charge in [-0.3, -0.25) is 14.5 Å². The van der Waals surface area contributed by atoms with Gasteiger partial charge in [0, 0.05) is 37.7 Å². The zero-order valence-electron chi connectivity index (χ0n) is 17.6. The lowest BCUT2D eigenvalue weighted by atomic mass is 10.2. The van der Waals surface area contributed by atoms with Gasteiger partial charge in [0.25, 0.3) is 5.56 Å². The maximum atomic E-state index is 12.4. The van der Waals surface area contributed by atoms with Crippen molar-refractivity contribution in [2.24, 2.45) is 20.0 Å². The van der Waals surface area contributed by atoms with Gasteiger partial charge in [-0.15, -0.1) is 5.10 Å². The van der Waals surface area contributed by atoms with Crippen molar-refractivity contribution in [2.45, 2.75) is 25.8 Å². The largest absolute Gasteiger partial charge is 0.495 e. The number of rotatable bonds is 8. The SMILES string of the molecule is COc1ccc([C@H]2C[C@@H]2COc2cc(NCc3cc(C)nn3C)c(=O)n(C)n2)nc1. The van der Waals surface area contributed by atoms with E-state index < -0.39 is 0 Å². The Labute approximate surface area is 174 Å². The lowest BCUT2D eigenvalue weighted by Gasteiger charge is -2.11. The molecule has 0 aromatic carbocycles. The van der Waals surface area contributed by atoms with E-state index in [-0.39, 0.29) is 5.56 Å². The molecule has 1 aliphatic carbocycles. The molecule has 3 heterocycles. The molecule has 1 fully saturated rings. The van der Waals surface area contributed by atoms with Crippen LogP contribution in [0, 0.1) is 12.8 Å². The van der Waals surface area contributed by atoms with Crippen molar-refractivity contribution in [3.63, 3.8) is 0 Å². The van der Waals surface area contributed by atoms with Crippen molar-refractivity contribution >= 4 is 5.69 Å². The van der Waals surface area contributed by atoms with Crippen molar-refractivity contribution in [1.82, 2.24) is 24.5 Å². The Morgan fingerprint density at radius 1 is 1.20 bits per heavy atom. The highest BCUT2D eigenvalue weighted by Crippen LogP contribution is 2.46. The summed E-state index contributed by atoms with van der Waals surface area (Å²) in [5, 5.41) is 11.7. The number of ether oxygens (including phenoxy) is 2. The van der Waals surface area contributed by atoms with Gasteiger partial charge in [0.1, 0.15) is 11.4 Å². The fraction of sp³-hybridized carbons (Fsp3) is 0.429. The molecule has 0 unspecified atom stereocenters. The Bertz CT molecular complexity index is 1090. The first-order valence-corrected chi connectivity index (χ1v) is 9.89. The minimum atomic E-state index is -0.201. The summed E-state index contributed by atoms with van der Waals surface area (Å²) in [7, 11) is 5.13. The Morgan fingerprint density at radius 2 is 2.03 bits per heavy atom. The van der Waals surface area contributed by atoms with Crippen LogP contribution >= 0.6 is 0 Å². The summed E-state index contributed by atoms with van der Waals surface area (Å²) in [6.45, 7) is 2.96. The number of aryl methyl sites for hydroxylation is 3. The van der Waals surface area contributed by atoms with E-state index in [0.717, 1.165) is 29.3 Å². The van der Waals surface area contributed by atoms with Gasteiger partial charge in [0.2, 0.25) is 5.88 Å². The summed E-state index contributed by atoms with van der Waals surface area (Å²) in [4.78, 5) is 16.9. The second-order valence-electron chi connectivity index (χ2n) is 7.62. The van der Waals surface area contributed by atoms with Crippen molar-refractivity contribution in [1.29, 1.82) is 0 Å². The quantitative estimate of drug-likeness (QED) is 0.607. The van der Waals surface area contributed by atoms with Crippen LogP contribution in [0.4, 0.5) is 5.69 Å². The van der Waals surface area contributed by atoms with Gasteiger partial charge in [-0.1, -0.05) is 0 Å². The van der Waals surface area contributed by atoms with Crippen LogP contribution in [-0.4, -0.2) is 38.3 Å². The van der Waals surface area contributed by atoms with E-state index in [0.29, 0.717) is 36.6 Å². The van der Waals surface area contributed by atoms with Crippen molar-refractivity contribution in [3.8, 4) is 11.6 Å². The zero-order valence-corrected chi connectivity index (χ0v) is 17.6. The molecule has 0 spiro atoms. The lowest BCUT2D eigenvalue weighted by molar-refractivity contribution is 0.278. The monoisotopic (exact) mass is 410 g/mol. The van der Waals surface area contributed by atoms with E-state index in [2.05, 4.69) is 20.5 Å². The van der Waals surface area contributed by atoms with Crippen LogP contribution in [0.3, 0.4) is 0 Å². The number of hydrogen-bond donors (Lipinski definition) is 1. The molecule has 0 radical (unpaired) electrons. The van der Waals surface area contributed by atoms with Crippen LogP contribution in [0.15, 0.2) is 35.3 Å². The van der Waals surface area contributed by atoms with E-state index in [9.17, 15) is 4.79 Å². The smallest absolute Gasteiger partial charge is 0.290 e. The topological polar surface area (TPSA) is 96.1 Å². The Hall–Kier alpha value is -3.36. The first-order valence-electron chi connectivity index (χ1n) is 9.89. The number of aromatic nitrogens is 5. The molecule has 9 nitrogen and oxygen atoms in total. The molecule has 4 rings (SSSR count). The number of nitrogens with one attached hydrogen (secondary N) is 1. The molecular formula is C21H26N6O3. The molecule has 0 saturated heterocycles. The molecule has 1 saturated carbocycles. The molecule has 0 bridgehead atoms. The second-order valence-corrected chi connectivity index (χ2v) is 7.62. The van der Waals surface area contributed by atoms with Gasteiger partial charge in [0.05, 0.1) is 37.8 Å². The first kappa shape index (κ1) is 19.9. The maximum absolute atomic E-state index is 12.4. The van der Waals surface area contributed by atoms with Crippen LogP contribution < -0.4 is 20.3 Å². The van der Waals surface area contributed by atoms with Crippen molar-refractivity contribution in [2.75, 3.05) is 19.0 Å². The van der Waals surface area contributed by atoms with Crippen LogP contribution in [0.5, 0.6) is 11.6 Å². The van der Waals surface area contributed by atoms with Crippen LogP contribution in [0.1, 0.15) is 29.4 Å². The van der Waals surface area contributed by atoms with Gasteiger partial charge >= 0.3 is 0 Å². The normalized spacial score (nSPS) is 17.6. The van der Waals surface area contributed by atoms with E-state index in [4.69, 9.17) is 9.47 Å². The van der Waals surface area contributed by atoms with Crippen LogP contribution in [0.2, 0.25) is 0 Å². The Balaban J connectivity index is 1.37. The highest BCUT2D eigenvalue weighted by Gasteiger charge is 2.40. The zero-order chi connectivity index (χ0) is 21.3. The molecule has 0 aliphatic heterocycles. The van der Waals surface area contributed by atoms with Gasteiger partial charge in [-0.2, -0.15) is 5.10 Å². The number of nitrogens with zero attached hydrogens (tertiary/aromatic N) is 5. The summed E-state index contributed by atoms with van der Waals surface area (Å²) >= 11 is 0. The number of hydrogen-bond acceptors (Lipinski definition) is 7. The minimum Gasteiger partial charge on any atom is -0.495 e. The Morgan fingerprint density at radius 3 is 2.70 bits per heavy atom. The average Bonchev–Trinajstić information content (AvgIpc) is 3.44. The van der Waals surface area contributed by atoms with Gasteiger partial charge in [-0.05, 0) is 31.5 Å². The molecule has 3 aromatic rings. The molecule has 1 aliphatic rings. The Kier molecular flexibility index (Phi) is 5.43. The van der Waals surface area contributed by atoms with Gasteiger partial charge in [-0.25, -0.2) is 4.68 Å². The highest BCUT2D eigenvalue weighted by molar-refractivity contribution is 5.43. The molecule has 30 heavy (non-hydrogen) atoms. The third-order valence-electron chi connectivity index (χ3n) is 5.34. The average molecular weight is 410 g/mol. The van der Waals surface area contributed by atoms with E-state index in [1.807, 2.05) is 32.2 Å². The summed E-state index contributed by atoms with van der Waals surface area (Å²) in [6, 6.07) is 7.57. The number of pyridine rings is 1. The molecule has 0 amide bonds. The van der Waals surface area contributed by atoms with E-state index >= 15 is 0 Å². The van der Waals surface area contributed by atoms with Gasteiger partial charge in [0.15, 0.2) is 0 Å². The standard InChI is InChI=1S/C21H26N6O3/c1-13-7-15(26(2)24-13)10-22-19-9-20(25-27(3)21(19)28)30-12-14-8-17(14)18-6-5-16(29-4)11-23-18/h5-7,9,11,14,17,22H,8,10,12H2,1-4H3/t14-,17+/m1/s1. The fourth-order valence-electron chi connectivity index (χ4n) is 3.51. The van der Waals surface area contributed by atoms with Crippen LogP contribution in [-0.2, 0) is 20.6 Å². The third-order valence-corrected chi connectivity index (χ3v) is 5.34. The van der Waals surface area contributed by atoms with Crippen molar-refractivity contribution < 1.29 is 9.47 Å². The molecule has 2 atom stereocenters. The molecule has 9 heteroatoms. The number of methoxy groups -OCH3 is 1.